The number of ether oxygens (including phenoxy) is 4. The summed E-state index contributed by atoms with van der Waals surface area (Å²) >= 11 is 0. The number of para-hydroxylation sites is 1. The number of rotatable bonds is 13. The maximum Gasteiger partial charge on any atom is 0.424 e. The van der Waals surface area contributed by atoms with Crippen molar-refractivity contribution in [2.75, 3.05) is 24.7 Å². The van der Waals surface area contributed by atoms with Gasteiger partial charge in [-0.25, -0.2) is 18.8 Å². The highest BCUT2D eigenvalue weighted by Crippen LogP contribution is 2.43. The van der Waals surface area contributed by atoms with Crippen LogP contribution in [0.5, 0.6) is 11.5 Å². The zero-order chi connectivity index (χ0) is 33.9. The molecule has 250 valence electrons. The van der Waals surface area contributed by atoms with Crippen LogP contribution in [-0.4, -0.2) is 60.3 Å². The number of nitrogens with one attached hydrogen (secondary N) is 1. The number of unbranched alkanes of at least 4 members (excludes halogenated alkanes) is 1. The van der Waals surface area contributed by atoms with Crippen LogP contribution in [0.4, 0.5) is 19.7 Å². The summed E-state index contributed by atoms with van der Waals surface area (Å²) in [5.74, 6) is -1.86. The van der Waals surface area contributed by atoms with Crippen LogP contribution in [0, 0.1) is 12.7 Å². The normalized spacial score (nSPS) is 12.3. The molecule has 1 atom stereocenters. The van der Waals surface area contributed by atoms with Crippen LogP contribution < -0.4 is 19.7 Å². The Hall–Kier alpha value is -3.70. The van der Waals surface area contributed by atoms with E-state index in [1.165, 1.54) is 6.92 Å². The van der Waals surface area contributed by atoms with Crippen molar-refractivity contribution in [2.45, 2.75) is 105 Å². The van der Waals surface area contributed by atoms with Gasteiger partial charge in [0.15, 0.2) is 5.75 Å². The number of aliphatic hydroxyl groups is 1. The van der Waals surface area contributed by atoms with Crippen LogP contribution in [-0.2, 0) is 15.9 Å². The van der Waals surface area contributed by atoms with Gasteiger partial charge in [-0.3, -0.25) is 0 Å². The molecule has 0 heterocycles. The number of benzene rings is 2. The molecular weight excluding hydrogens is 583 g/mol. The molecule has 0 radical (unpaired) electrons. The molecule has 2 rings (SSSR count). The van der Waals surface area contributed by atoms with Crippen molar-refractivity contribution < 1.29 is 42.8 Å². The number of imide groups is 1. The molecule has 0 aliphatic carbocycles. The minimum absolute atomic E-state index is 0.0770. The average Bonchev–Trinajstić information content (AvgIpc) is 2.93. The quantitative estimate of drug-likeness (QED) is 0.135. The third-order valence-electron chi connectivity index (χ3n) is 6.33. The second-order valence-electron chi connectivity index (χ2n) is 12.7. The first-order chi connectivity index (χ1) is 21.0. The van der Waals surface area contributed by atoms with E-state index in [1.807, 2.05) is 13.8 Å². The van der Waals surface area contributed by atoms with Gasteiger partial charge in [0.05, 0.1) is 13.2 Å². The largest absolute Gasteiger partial charge is 0.490 e. The molecule has 2 amide bonds. The maximum absolute atomic E-state index is 16.7. The van der Waals surface area contributed by atoms with Crippen LogP contribution in [0.3, 0.4) is 0 Å². The highest BCUT2D eigenvalue weighted by molar-refractivity contribution is 6.13. The van der Waals surface area contributed by atoms with Crippen LogP contribution in [0.25, 0.3) is 0 Å². The van der Waals surface area contributed by atoms with Crippen molar-refractivity contribution in [2.24, 2.45) is 0 Å². The Balaban J connectivity index is 3.03. The molecule has 2 N–H and O–H groups in total. The number of carbonyl (C=O) groups is 3. The predicted molar refractivity (Wildman–Crippen MR) is 171 cm³/mol. The van der Waals surface area contributed by atoms with Crippen LogP contribution >= 0.6 is 0 Å². The van der Waals surface area contributed by atoms with Gasteiger partial charge in [0.25, 0.3) is 0 Å². The summed E-state index contributed by atoms with van der Waals surface area (Å²) < 4.78 is 39.7. The molecule has 0 aliphatic rings. The lowest BCUT2D eigenvalue weighted by Crippen LogP contribution is -2.45. The number of aliphatic hydroxyl groups excluding tert-OH is 1. The van der Waals surface area contributed by atoms with Gasteiger partial charge < -0.3 is 29.4 Å². The van der Waals surface area contributed by atoms with Crippen molar-refractivity contribution in [1.82, 2.24) is 5.32 Å². The Morgan fingerprint density at radius 1 is 0.956 bits per heavy atom. The van der Waals surface area contributed by atoms with Gasteiger partial charge in [-0.1, -0.05) is 38.5 Å². The van der Waals surface area contributed by atoms with E-state index < -0.39 is 41.2 Å². The molecule has 0 aliphatic heterocycles. The summed E-state index contributed by atoms with van der Waals surface area (Å²) in [4.78, 5) is 42.1. The Morgan fingerprint density at radius 2 is 1.53 bits per heavy atom. The van der Waals surface area contributed by atoms with Gasteiger partial charge >= 0.3 is 18.2 Å². The van der Waals surface area contributed by atoms with E-state index in [2.05, 4.69) is 5.32 Å². The fourth-order valence-electron chi connectivity index (χ4n) is 4.31. The molecule has 0 fully saturated rings. The van der Waals surface area contributed by atoms with Gasteiger partial charge in [-0.2, -0.15) is 4.90 Å². The topological polar surface area (TPSA) is 124 Å². The van der Waals surface area contributed by atoms with Gasteiger partial charge in [0.1, 0.15) is 34.0 Å². The SMILES string of the molecule is CCCCOc1c(C(=O)Oc2ccccc2)c(C)c(F)c(CC(CO)NCCC)c1N(C(=O)OC(C)(C)C)C(=O)OC(C)(C)C. The van der Waals surface area contributed by atoms with Crippen molar-refractivity contribution in [3.05, 3.63) is 52.8 Å². The first-order valence-corrected chi connectivity index (χ1v) is 15.4. The summed E-state index contributed by atoms with van der Waals surface area (Å²) in [6.07, 6.45) is -0.478. The average molecular weight is 633 g/mol. The fourth-order valence-corrected chi connectivity index (χ4v) is 4.31. The van der Waals surface area contributed by atoms with E-state index >= 15 is 4.39 Å². The summed E-state index contributed by atoms with van der Waals surface area (Å²) in [5, 5.41) is 13.3. The summed E-state index contributed by atoms with van der Waals surface area (Å²) in [6.45, 7) is 15.2. The number of carbonyl (C=O) groups excluding carboxylic acids is 3. The van der Waals surface area contributed by atoms with Gasteiger partial charge in [-0.05, 0) is 86.4 Å². The first-order valence-electron chi connectivity index (χ1n) is 15.4. The Kier molecular flexibility index (Phi) is 13.8. The Labute approximate surface area is 266 Å². The smallest absolute Gasteiger partial charge is 0.424 e. The number of amides is 2. The summed E-state index contributed by atoms with van der Waals surface area (Å²) in [7, 11) is 0. The lowest BCUT2D eigenvalue weighted by Gasteiger charge is -2.32. The molecule has 2 aromatic rings. The monoisotopic (exact) mass is 632 g/mol. The maximum atomic E-state index is 16.7. The van der Waals surface area contributed by atoms with Crippen LogP contribution in [0.2, 0.25) is 0 Å². The Bertz CT molecular complexity index is 1270. The molecule has 0 bridgehead atoms. The summed E-state index contributed by atoms with van der Waals surface area (Å²) in [6, 6.07) is 7.56. The highest BCUT2D eigenvalue weighted by atomic mass is 19.1. The molecule has 0 aromatic heterocycles. The van der Waals surface area contributed by atoms with Crippen molar-refractivity contribution >= 4 is 23.8 Å². The van der Waals surface area contributed by atoms with Crippen molar-refractivity contribution in [3.63, 3.8) is 0 Å². The lowest BCUT2D eigenvalue weighted by molar-refractivity contribution is 0.0426. The van der Waals surface area contributed by atoms with E-state index in [0.29, 0.717) is 17.9 Å². The van der Waals surface area contributed by atoms with E-state index in [4.69, 9.17) is 18.9 Å². The van der Waals surface area contributed by atoms with E-state index in [1.54, 1.807) is 71.9 Å². The Morgan fingerprint density at radius 3 is 2.02 bits per heavy atom. The van der Waals surface area contributed by atoms with E-state index in [-0.39, 0.29) is 53.5 Å². The second kappa shape index (κ2) is 16.6. The highest BCUT2D eigenvalue weighted by Gasteiger charge is 2.40. The number of hydrogen-bond donors (Lipinski definition) is 2. The third kappa shape index (κ3) is 11.0. The van der Waals surface area contributed by atoms with Gasteiger partial charge in [-0.15, -0.1) is 0 Å². The molecule has 0 saturated carbocycles. The molecule has 1 unspecified atom stereocenters. The molecule has 10 nitrogen and oxygen atoms in total. The minimum Gasteiger partial charge on any atom is -0.490 e. The molecule has 2 aromatic carbocycles. The first kappa shape index (κ1) is 37.5. The number of anilines is 1. The van der Waals surface area contributed by atoms with Crippen LogP contribution in [0.1, 0.15) is 96.1 Å². The minimum atomic E-state index is -1.16. The predicted octanol–water partition coefficient (Wildman–Crippen LogP) is 7.11. The standard InChI is InChI=1S/C34H49FN2O8/c1-10-12-19-42-29-26(30(39)43-24-16-14-13-15-17-24)22(3)27(35)25(20-23(21-38)36-18-11-2)28(29)37(31(40)44-33(4,5)6)32(41)45-34(7,8)9/h13-17,23,36,38H,10-12,18-21H2,1-9H3. The summed E-state index contributed by atoms with van der Waals surface area (Å²) in [5.41, 5.74) is -3.03. The lowest BCUT2D eigenvalue weighted by atomic mass is 9.94. The van der Waals surface area contributed by atoms with E-state index in [0.717, 1.165) is 12.8 Å². The molecule has 0 saturated heterocycles. The number of nitrogens with zero attached hydrogens (tertiary/aromatic N) is 1. The zero-order valence-electron chi connectivity index (χ0n) is 28.0. The zero-order valence-corrected chi connectivity index (χ0v) is 28.0. The number of halogens is 1. The van der Waals surface area contributed by atoms with Crippen molar-refractivity contribution in [1.29, 1.82) is 0 Å². The fraction of sp³-hybridized carbons (Fsp3) is 0.559. The molecule has 11 heteroatoms. The third-order valence-corrected chi connectivity index (χ3v) is 6.33. The van der Waals surface area contributed by atoms with E-state index in [9.17, 15) is 19.5 Å². The molecule has 0 spiro atoms. The number of hydrogen-bond acceptors (Lipinski definition) is 9. The second-order valence-corrected chi connectivity index (χ2v) is 12.7. The molecule has 45 heavy (non-hydrogen) atoms. The van der Waals surface area contributed by atoms with Gasteiger partial charge in [0, 0.05) is 17.2 Å². The van der Waals surface area contributed by atoms with Crippen LogP contribution in [0.15, 0.2) is 30.3 Å². The van der Waals surface area contributed by atoms with Crippen molar-refractivity contribution in [3.8, 4) is 11.5 Å². The van der Waals surface area contributed by atoms with Gasteiger partial charge in [0.2, 0.25) is 0 Å². The molecular formula is C34H49FN2O8. The number of esters is 1.